The van der Waals surface area contributed by atoms with Gasteiger partial charge in [-0.2, -0.15) is 0 Å². The van der Waals surface area contributed by atoms with E-state index in [1.165, 1.54) is 29.9 Å². The van der Waals surface area contributed by atoms with Crippen molar-refractivity contribution < 1.29 is 19.1 Å². The molecule has 0 saturated heterocycles. The monoisotopic (exact) mass is 374 g/mol. The molecule has 0 fully saturated rings. The Morgan fingerprint density at radius 1 is 1.15 bits per heavy atom. The van der Waals surface area contributed by atoms with E-state index in [1.54, 1.807) is 5.38 Å². The van der Waals surface area contributed by atoms with Crippen molar-refractivity contribution in [1.82, 2.24) is 0 Å². The first kappa shape index (κ1) is 19.7. The highest BCUT2D eigenvalue weighted by molar-refractivity contribution is 7.14. The Morgan fingerprint density at radius 2 is 1.81 bits per heavy atom. The molecule has 2 amide bonds. The van der Waals surface area contributed by atoms with Crippen LogP contribution in [0.3, 0.4) is 0 Å². The van der Waals surface area contributed by atoms with Crippen molar-refractivity contribution in [2.24, 2.45) is 5.73 Å². The predicted molar refractivity (Wildman–Crippen MR) is 101 cm³/mol. The number of amides is 2. The fourth-order valence-electron chi connectivity index (χ4n) is 2.31. The smallest absolute Gasteiger partial charge is 0.306 e. The number of anilines is 1. The average molecular weight is 374 g/mol. The molecule has 0 spiro atoms. The first-order valence-electron chi connectivity index (χ1n) is 8.36. The molecule has 7 heteroatoms. The fraction of sp³-hybridized carbons (Fsp3) is 0.316. The Kier molecular flexibility index (Phi) is 6.91. The number of hydrogen-bond acceptors (Lipinski definition) is 5. The van der Waals surface area contributed by atoms with Crippen LogP contribution in [0.2, 0.25) is 0 Å². The number of primary amides is 1. The number of hydrogen-bond donors (Lipinski definition) is 2. The summed E-state index contributed by atoms with van der Waals surface area (Å²) in [6.45, 7) is 3.57. The molecule has 138 valence electrons. The maximum Gasteiger partial charge on any atom is 0.306 e. The third-order valence-corrected chi connectivity index (χ3v) is 4.72. The molecule has 2 rings (SSSR count). The number of benzene rings is 1. The second-order valence-corrected chi connectivity index (χ2v) is 6.74. The zero-order valence-electron chi connectivity index (χ0n) is 14.8. The van der Waals surface area contributed by atoms with Crippen LogP contribution in [0.5, 0.6) is 0 Å². The molecule has 3 N–H and O–H groups in total. The number of ether oxygens (including phenoxy) is 1. The molecule has 26 heavy (non-hydrogen) atoms. The topological polar surface area (TPSA) is 98.5 Å². The van der Waals surface area contributed by atoms with E-state index in [0.29, 0.717) is 11.4 Å². The third kappa shape index (κ3) is 5.42. The van der Waals surface area contributed by atoms with Crippen LogP contribution in [0.15, 0.2) is 35.7 Å². The van der Waals surface area contributed by atoms with Gasteiger partial charge in [-0.05, 0) is 42.3 Å². The molecule has 1 aromatic carbocycles. The first-order chi connectivity index (χ1) is 12.4. The lowest BCUT2D eigenvalue weighted by Crippen LogP contribution is -2.30. The van der Waals surface area contributed by atoms with E-state index >= 15 is 0 Å². The number of carbonyl (C=O) groups excluding carboxylic acids is 3. The lowest BCUT2D eigenvalue weighted by Gasteiger charge is -2.13. The number of aryl methyl sites for hydroxylation is 2. The molecule has 1 heterocycles. The van der Waals surface area contributed by atoms with E-state index in [2.05, 4.69) is 12.2 Å². The van der Waals surface area contributed by atoms with Gasteiger partial charge in [-0.3, -0.25) is 14.4 Å². The molecule has 0 bridgehead atoms. The van der Waals surface area contributed by atoms with Crippen LogP contribution in [-0.2, 0) is 27.2 Å². The minimum Gasteiger partial charge on any atom is -0.453 e. The molecule has 0 unspecified atom stereocenters. The molecule has 0 saturated carbocycles. The molecular formula is C19H22N2O4S. The highest BCUT2D eigenvalue weighted by Crippen LogP contribution is 2.23. The van der Waals surface area contributed by atoms with Crippen molar-refractivity contribution in [2.75, 3.05) is 5.32 Å². The van der Waals surface area contributed by atoms with Crippen LogP contribution in [0.25, 0.3) is 0 Å². The van der Waals surface area contributed by atoms with E-state index in [-0.39, 0.29) is 12.0 Å². The second-order valence-electron chi connectivity index (χ2n) is 5.82. The molecule has 1 atom stereocenters. The van der Waals surface area contributed by atoms with Crippen molar-refractivity contribution in [3.05, 3.63) is 52.4 Å². The molecule has 0 aliphatic heterocycles. The Morgan fingerprint density at radius 3 is 2.42 bits per heavy atom. The summed E-state index contributed by atoms with van der Waals surface area (Å²) in [6.07, 6.45) is 0.743. The SMILES string of the molecule is CCc1ccc(CCC(=O)O[C@H](C)C(=O)Nc2sccc2C(N)=O)cc1. The minimum absolute atomic E-state index is 0.189. The summed E-state index contributed by atoms with van der Waals surface area (Å²) in [5.41, 5.74) is 7.75. The summed E-state index contributed by atoms with van der Waals surface area (Å²) in [5, 5.41) is 4.56. The van der Waals surface area contributed by atoms with Gasteiger partial charge in [0.15, 0.2) is 6.10 Å². The molecule has 0 aliphatic rings. The summed E-state index contributed by atoms with van der Waals surface area (Å²) in [7, 11) is 0. The Labute approximate surface area is 156 Å². The van der Waals surface area contributed by atoms with Gasteiger partial charge in [-0.1, -0.05) is 31.2 Å². The molecule has 0 aliphatic carbocycles. The molecule has 2 aromatic rings. The van der Waals surface area contributed by atoms with Gasteiger partial charge in [0.05, 0.1) is 5.56 Å². The third-order valence-electron chi connectivity index (χ3n) is 3.89. The standard InChI is InChI=1S/C19H22N2O4S/c1-3-13-4-6-14(7-5-13)8-9-16(22)25-12(2)18(24)21-19-15(17(20)23)10-11-26-19/h4-7,10-12H,3,8-9H2,1-2H3,(H2,20,23)(H,21,24)/t12-/m1/s1. The minimum atomic E-state index is -0.965. The lowest BCUT2D eigenvalue weighted by molar-refractivity contribution is -0.153. The molecule has 0 radical (unpaired) electrons. The van der Waals surface area contributed by atoms with E-state index < -0.39 is 23.9 Å². The van der Waals surface area contributed by atoms with Gasteiger partial charge in [-0.25, -0.2) is 0 Å². The van der Waals surface area contributed by atoms with E-state index in [0.717, 1.165) is 12.0 Å². The van der Waals surface area contributed by atoms with Crippen LogP contribution < -0.4 is 11.1 Å². The van der Waals surface area contributed by atoms with E-state index in [4.69, 9.17) is 10.5 Å². The summed E-state index contributed by atoms with van der Waals surface area (Å²) in [6, 6.07) is 9.58. The fourth-order valence-corrected chi connectivity index (χ4v) is 3.11. The number of nitrogens with two attached hydrogens (primary N) is 1. The second kappa shape index (κ2) is 9.15. The predicted octanol–water partition coefficient (Wildman–Crippen LogP) is 2.91. The highest BCUT2D eigenvalue weighted by atomic mass is 32.1. The van der Waals surface area contributed by atoms with Crippen LogP contribution in [0.4, 0.5) is 5.00 Å². The number of carbonyl (C=O) groups is 3. The zero-order chi connectivity index (χ0) is 19.1. The first-order valence-corrected chi connectivity index (χ1v) is 9.24. The van der Waals surface area contributed by atoms with Gasteiger partial charge in [0.2, 0.25) is 0 Å². The van der Waals surface area contributed by atoms with Gasteiger partial charge < -0.3 is 15.8 Å². The van der Waals surface area contributed by atoms with Crippen LogP contribution in [0, 0.1) is 0 Å². The van der Waals surface area contributed by atoms with E-state index in [1.807, 2.05) is 24.3 Å². The molecule has 1 aromatic heterocycles. The van der Waals surface area contributed by atoms with Crippen LogP contribution in [-0.4, -0.2) is 23.9 Å². The van der Waals surface area contributed by atoms with Gasteiger partial charge in [0.25, 0.3) is 11.8 Å². The quantitative estimate of drug-likeness (QED) is 0.694. The van der Waals surface area contributed by atoms with Gasteiger partial charge in [0, 0.05) is 6.42 Å². The largest absolute Gasteiger partial charge is 0.453 e. The summed E-state index contributed by atoms with van der Waals surface area (Å²) in [5.74, 6) is -1.58. The maximum absolute atomic E-state index is 12.1. The maximum atomic E-state index is 12.1. The zero-order valence-corrected chi connectivity index (χ0v) is 15.6. The van der Waals surface area contributed by atoms with E-state index in [9.17, 15) is 14.4 Å². The summed E-state index contributed by atoms with van der Waals surface area (Å²) < 4.78 is 5.17. The number of rotatable bonds is 8. The molecular weight excluding hydrogens is 352 g/mol. The Bertz CT molecular complexity index is 783. The highest BCUT2D eigenvalue weighted by Gasteiger charge is 2.20. The van der Waals surface area contributed by atoms with Crippen LogP contribution >= 0.6 is 11.3 Å². The van der Waals surface area contributed by atoms with Crippen molar-refractivity contribution >= 4 is 34.1 Å². The van der Waals surface area contributed by atoms with Crippen molar-refractivity contribution in [1.29, 1.82) is 0 Å². The normalized spacial score (nSPS) is 11.6. The summed E-state index contributed by atoms with van der Waals surface area (Å²) in [4.78, 5) is 35.4. The van der Waals surface area contributed by atoms with Crippen molar-refractivity contribution in [3.8, 4) is 0 Å². The van der Waals surface area contributed by atoms with Gasteiger partial charge in [0.1, 0.15) is 5.00 Å². The van der Waals surface area contributed by atoms with Crippen molar-refractivity contribution in [3.63, 3.8) is 0 Å². The van der Waals surface area contributed by atoms with Crippen LogP contribution in [0.1, 0.15) is 41.8 Å². The van der Waals surface area contributed by atoms with Crippen molar-refractivity contribution in [2.45, 2.75) is 39.2 Å². The summed E-state index contributed by atoms with van der Waals surface area (Å²) >= 11 is 1.18. The molecule has 6 nitrogen and oxygen atoms in total. The number of nitrogens with one attached hydrogen (secondary N) is 1. The Balaban J connectivity index is 1.82. The van der Waals surface area contributed by atoms with Gasteiger partial charge >= 0.3 is 5.97 Å². The van der Waals surface area contributed by atoms with Gasteiger partial charge in [-0.15, -0.1) is 11.3 Å². The average Bonchev–Trinajstić information content (AvgIpc) is 3.08. The number of thiophene rings is 1. The Hall–Kier alpha value is -2.67. The number of esters is 1. The lowest BCUT2D eigenvalue weighted by atomic mass is 10.1.